The van der Waals surface area contributed by atoms with Gasteiger partial charge in [0.05, 0.1) is 22.9 Å². The molecule has 0 N–H and O–H groups in total. The van der Waals surface area contributed by atoms with Crippen LogP contribution in [-0.2, 0) is 0 Å². The van der Waals surface area contributed by atoms with E-state index in [1.54, 1.807) is 0 Å². The molecule has 2 heteroatoms. The van der Waals surface area contributed by atoms with Gasteiger partial charge >= 0.3 is 0 Å². The zero-order valence-corrected chi connectivity index (χ0v) is 39.3. The van der Waals surface area contributed by atoms with Gasteiger partial charge in [-0.1, -0.05) is 218 Å². The summed E-state index contributed by atoms with van der Waals surface area (Å²) in [6.07, 6.45) is 1.95. The Kier molecular flexibility index (Phi) is 9.89. The SMILES string of the molecule is c1ccc(-c2ccc3c4ccc(-c5cccc(-c6cccc(-c7cnc8c9ccc(-c%10ccccc%10)cc9c9cc(-c%10ccccc%10)ccc9c8n7)c6)c5)cc4c4ccc(-c5ccccc5)cc4c3c2)cc1. The summed E-state index contributed by atoms with van der Waals surface area (Å²) in [5, 5.41) is 12.0. The normalized spacial score (nSPS) is 11.6. The van der Waals surface area contributed by atoms with Crippen LogP contribution in [0.1, 0.15) is 0 Å². The maximum atomic E-state index is 5.46. The standard InChI is InChI=1S/C70H44N2/c1-5-15-45(16-6-1)52-27-32-59-58-33-29-56(43-63(58)60-34-28-53(40-65(60)64(59)39-52)46-17-7-2-8-18-46)50-24-13-23-49(37-50)51-25-14-26-57(38-51)68-44-71-69-61-35-30-54(47-19-9-3-10-20-47)41-66(61)67-42-55(48-21-11-4-12-22-48)31-36-62(67)70(69)72-68/h1-44H. The minimum Gasteiger partial charge on any atom is -0.252 e. The van der Waals surface area contributed by atoms with Crippen LogP contribution in [0.5, 0.6) is 0 Å². The third kappa shape index (κ3) is 7.20. The molecule has 0 atom stereocenters. The lowest BCUT2D eigenvalue weighted by atomic mass is 9.88. The highest BCUT2D eigenvalue weighted by atomic mass is 14.8. The fourth-order valence-electron chi connectivity index (χ4n) is 11.0. The summed E-state index contributed by atoms with van der Waals surface area (Å²) >= 11 is 0. The van der Waals surface area contributed by atoms with Gasteiger partial charge < -0.3 is 0 Å². The van der Waals surface area contributed by atoms with Crippen molar-refractivity contribution >= 4 is 64.9 Å². The fraction of sp³-hybridized carbons (Fsp3) is 0. The number of rotatable bonds is 7. The first-order valence-corrected chi connectivity index (χ1v) is 24.7. The van der Waals surface area contributed by atoms with Crippen molar-refractivity contribution in [3.63, 3.8) is 0 Å². The van der Waals surface area contributed by atoms with Crippen molar-refractivity contribution in [1.82, 2.24) is 9.97 Å². The van der Waals surface area contributed by atoms with Crippen molar-refractivity contribution in [3.8, 4) is 78.0 Å². The number of benzene rings is 13. The van der Waals surface area contributed by atoms with Crippen LogP contribution in [0.25, 0.3) is 143 Å². The third-order valence-electron chi connectivity index (χ3n) is 14.7. The number of nitrogens with zero attached hydrogens (tertiary/aromatic N) is 2. The molecule has 14 aromatic rings. The highest BCUT2D eigenvalue weighted by molar-refractivity contribution is 6.27. The first-order valence-electron chi connectivity index (χ1n) is 24.7. The highest BCUT2D eigenvalue weighted by Gasteiger charge is 2.17. The second-order valence-electron chi connectivity index (χ2n) is 18.9. The fourth-order valence-corrected chi connectivity index (χ4v) is 11.0. The lowest BCUT2D eigenvalue weighted by molar-refractivity contribution is 1.31. The zero-order valence-electron chi connectivity index (χ0n) is 39.3. The molecule has 0 radical (unpaired) electrons. The average Bonchev–Trinajstić information content (AvgIpc) is 3.47. The second-order valence-corrected chi connectivity index (χ2v) is 18.9. The Balaban J connectivity index is 0.865. The predicted molar refractivity (Wildman–Crippen MR) is 305 cm³/mol. The predicted octanol–water partition coefficient (Wildman–Crippen LogP) is 19.1. The van der Waals surface area contributed by atoms with E-state index in [4.69, 9.17) is 9.97 Å². The topological polar surface area (TPSA) is 25.8 Å². The first-order chi connectivity index (χ1) is 35.7. The molecule has 0 aliphatic carbocycles. The van der Waals surface area contributed by atoms with E-state index in [1.165, 1.54) is 93.3 Å². The molecule has 0 saturated carbocycles. The van der Waals surface area contributed by atoms with Gasteiger partial charge in [-0.15, -0.1) is 0 Å². The minimum absolute atomic E-state index is 0.842. The Hall–Kier alpha value is -9.50. The zero-order chi connectivity index (χ0) is 47.5. The number of hydrogen-bond acceptors (Lipinski definition) is 2. The lowest BCUT2D eigenvalue weighted by Crippen LogP contribution is -1.93. The van der Waals surface area contributed by atoms with Gasteiger partial charge in [0.25, 0.3) is 0 Å². The molecule has 0 spiro atoms. The monoisotopic (exact) mass is 912 g/mol. The molecule has 0 fully saturated rings. The van der Waals surface area contributed by atoms with Crippen molar-refractivity contribution in [2.24, 2.45) is 0 Å². The lowest BCUT2D eigenvalue weighted by Gasteiger charge is -2.15. The quantitative estimate of drug-likeness (QED) is 0.149. The molecule has 2 nitrogen and oxygen atoms in total. The summed E-state index contributed by atoms with van der Waals surface area (Å²) in [6.45, 7) is 0. The maximum Gasteiger partial charge on any atom is 0.0979 e. The Morgan fingerprint density at radius 1 is 0.181 bits per heavy atom. The summed E-state index contributed by atoms with van der Waals surface area (Å²) in [5.74, 6) is 0. The average molecular weight is 913 g/mol. The Morgan fingerprint density at radius 3 is 0.875 bits per heavy atom. The molecule has 0 amide bonds. The molecule has 72 heavy (non-hydrogen) atoms. The van der Waals surface area contributed by atoms with Crippen molar-refractivity contribution in [1.29, 1.82) is 0 Å². The van der Waals surface area contributed by atoms with Crippen molar-refractivity contribution in [3.05, 3.63) is 267 Å². The van der Waals surface area contributed by atoms with E-state index in [2.05, 4.69) is 261 Å². The Morgan fingerprint density at radius 2 is 0.458 bits per heavy atom. The van der Waals surface area contributed by atoms with E-state index >= 15 is 0 Å². The summed E-state index contributed by atoms with van der Waals surface area (Å²) in [5.41, 5.74) is 17.9. The largest absolute Gasteiger partial charge is 0.252 e. The Bertz CT molecular complexity index is 4120. The molecule has 0 saturated heterocycles. The molecule has 0 aliphatic rings. The molecule has 1 heterocycles. The van der Waals surface area contributed by atoms with Gasteiger partial charge in [-0.05, 0) is 152 Å². The van der Waals surface area contributed by atoms with E-state index in [9.17, 15) is 0 Å². The smallest absolute Gasteiger partial charge is 0.0979 e. The van der Waals surface area contributed by atoms with Gasteiger partial charge in [-0.2, -0.15) is 0 Å². The van der Waals surface area contributed by atoms with Gasteiger partial charge in [0.2, 0.25) is 0 Å². The summed E-state index contributed by atoms with van der Waals surface area (Å²) in [4.78, 5) is 10.7. The molecule has 0 aliphatic heterocycles. The molecular weight excluding hydrogens is 869 g/mol. The van der Waals surface area contributed by atoms with Crippen LogP contribution in [-0.4, -0.2) is 9.97 Å². The van der Waals surface area contributed by atoms with Crippen molar-refractivity contribution in [2.45, 2.75) is 0 Å². The van der Waals surface area contributed by atoms with Gasteiger partial charge in [0, 0.05) is 16.3 Å². The second kappa shape index (κ2) is 17.2. The van der Waals surface area contributed by atoms with E-state index in [0.29, 0.717) is 0 Å². The van der Waals surface area contributed by atoms with Crippen LogP contribution in [0.2, 0.25) is 0 Å². The van der Waals surface area contributed by atoms with Crippen LogP contribution in [0.3, 0.4) is 0 Å². The molecule has 14 rings (SSSR count). The molecule has 334 valence electrons. The van der Waals surface area contributed by atoms with Crippen molar-refractivity contribution in [2.75, 3.05) is 0 Å². The first kappa shape index (κ1) is 41.5. The molecule has 0 bridgehead atoms. The van der Waals surface area contributed by atoms with Crippen LogP contribution in [0, 0.1) is 0 Å². The number of aromatic nitrogens is 2. The third-order valence-corrected chi connectivity index (χ3v) is 14.7. The molecule has 1 aromatic heterocycles. The van der Waals surface area contributed by atoms with Gasteiger partial charge in [-0.3, -0.25) is 4.98 Å². The van der Waals surface area contributed by atoms with Gasteiger partial charge in [0.15, 0.2) is 0 Å². The van der Waals surface area contributed by atoms with Gasteiger partial charge in [0.1, 0.15) is 0 Å². The number of hydrogen-bond donors (Lipinski definition) is 0. The molecule has 0 unspecified atom stereocenters. The summed E-state index contributed by atoms with van der Waals surface area (Å²) < 4.78 is 0. The van der Waals surface area contributed by atoms with Crippen LogP contribution in [0.15, 0.2) is 267 Å². The Labute approximate surface area is 417 Å². The number of fused-ring (bicyclic) bond motifs is 12. The molecular formula is C70H44N2. The van der Waals surface area contributed by atoms with E-state index < -0.39 is 0 Å². The van der Waals surface area contributed by atoms with Crippen LogP contribution in [0.4, 0.5) is 0 Å². The van der Waals surface area contributed by atoms with Crippen LogP contribution < -0.4 is 0 Å². The highest BCUT2D eigenvalue weighted by Crippen LogP contribution is 2.42. The maximum absolute atomic E-state index is 5.46. The van der Waals surface area contributed by atoms with E-state index in [1.807, 2.05) is 6.20 Å². The van der Waals surface area contributed by atoms with Crippen molar-refractivity contribution < 1.29 is 0 Å². The van der Waals surface area contributed by atoms with Crippen LogP contribution >= 0.6 is 0 Å². The van der Waals surface area contributed by atoms with E-state index in [0.717, 1.165) is 49.6 Å². The van der Waals surface area contributed by atoms with E-state index in [-0.39, 0.29) is 0 Å². The summed E-state index contributed by atoms with van der Waals surface area (Å²) in [6, 6.07) is 94.8. The minimum atomic E-state index is 0.842. The molecule has 13 aromatic carbocycles. The van der Waals surface area contributed by atoms with Gasteiger partial charge in [-0.25, -0.2) is 4.98 Å². The summed E-state index contributed by atoms with van der Waals surface area (Å²) in [7, 11) is 0.